The molecular formula is C37H60N8O8. The van der Waals surface area contributed by atoms with Crippen molar-refractivity contribution < 1.29 is 38.6 Å². The first-order chi connectivity index (χ1) is 25.2. The van der Waals surface area contributed by atoms with Crippen LogP contribution in [0.25, 0.3) is 10.4 Å². The molecular weight excluding hydrogens is 684 g/mol. The van der Waals surface area contributed by atoms with Gasteiger partial charge in [0.1, 0.15) is 12.1 Å². The van der Waals surface area contributed by atoms with Crippen LogP contribution in [0.1, 0.15) is 65.9 Å². The average molecular weight is 745 g/mol. The summed E-state index contributed by atoms with van der Waals surface area (Å²) < 4.78 is 11.7. The van der Waals surface area contributed by atoms with Gasteiger partial charge < -0.3 is 40.3 Å². The van der Waals surface area contributed by atoms with Crippen LogP contribution in [0.5, 0.6) is 0 Å². The summed E-state index contributed by atoms with van der Waals surface area (Å²) in [5, 5.41) is 21.8. The Hall–Kier alpha value is -4.24. The zero-order chi connectivity index (χ0) is 39.8. The maximum absolute atomic E-state index is 14.1. The van der Waals surface area contributed by atoms with Crippen LogP contribution in [0.2, 0.25) is 0 Å². The average Bonchev–Trinajstić information content (AvgIpc) is 3.62. The second-order valence-electron chi connectivity index (χ2n) is 14.2. The van der Waals surface area contributed by atoms with E-state index in [1.807, 2.05) is 33.8 Å². The maximum atomic E-state index is 14.1. The van der Waals surface area contributed by atoms with E-state index >= 15 is 0 Å². The highest BCUT2D eigenvalue weighted by Gasteiger charge is 2.43. The summed E-state index contributed by atoms with van der Waals surface area (Å²) in [7, 11) is 6.18. The molecule has 53 heavy (non-hydrogen) atoms. The van der Waals surface area contributed by atoms with E-state index in [9.17, 15) is 29.1 Å². The summed E-state index contributed by atoms with van der Waals surface area (Å²) in [5.74, 6) is -3.80. The van der Waals surface area contributed by atoms with Crippen LogP contribution in [0.3, 0.4) is 0 Å². The van der Waals surface area contributed by atoms with Crippen LogP contribution < -0.4 is 16.0 Å². The molecule has 4 amide bonds. The molecule has 16 heteroatoms. The summed E-state index contributed by atoms with van der Waals surface area (Å²) in [6, 6.07) is 5.09. The molecule has 0 radical (unpaired) electrons. The number of carbonyl (C=O) groups excluding carboxylic acids is 4. The highest BCUT2D eigenvalue weighted by molar-refractivity contribution is 5.90. The fraction of sp³-hybridized carbons (Fsp3) is 0.703. The molecule has 0 aliphatic carbocycles. The zero-order valence-corrected chi connectivity index (χ0v) is 32.7. The van der Waals surface area contributed by atoms with Crippen LogP contribution in [0.4, 0.5) is 0 Å². The van der Waals surface area contributed by atoms with E-state index in [2.05, 4.69) is 26.0 Å². The van der Waals surface area contributed by atoms with E-state index in [1.165, 1.54) is 19.1 Å². The molecule has 0 aromatic heterocycles. The van der Waals surface area contributed by atoms with Crippen LogP contribution in [-0.4, -0.2) is 128 Å². The third kappa shape index (κ3) is 12.4. The molecule has 1 aliphatic heterocycles. The molecule has 16 nitrogen and oxygen atoms in total. The Balaban J connectivity index is 2.28. The maximum Gasteiger partial charge on any atom is 0.326 e. The number of likely N-dealkylation sites (tertiary alicyclic amines) is 1. The van der Waals surface area contributed by atoms with Gasteiger partial charge in [0.15, 0.2) is 0 Å². The SMILES string of the molecule is CCC(C)C(C(CC(=O)N1CCC[C@H]1C(OC)C(C)C(=O)NC(Cc1ccccc1)C(=O)O)OC)N(C)C(=O)C(CN=[N+]=[N-])NC(=O)C(NC)C(C)C. The second kappa shape index (κ2) is 22.1. The number of amides is 4. The van der Waals surface area contributed by atoms with Crippen LogP contribution in [0.15, 0.2) is 35.4 Å². The number of carbonyl (C=O) groups is 5. The van der Waals surface area contributed by atoms with Gasteiger partial charge in [-0.25, -0.2) is 4.79 Å². The lowest BCUT2D eigenvalue weighted by Crippen LogP contribution is -2.59. The van der Waals surface area contributed by atoms with Gasteiger partial charge in [-0.1, -0.05) is 76.5 Å². The molecule has 9 atom stereocenters. The molecule has 4 N–H and O–H groups in total. The Morgan fingerprint density at radius 2 is 1.68 bits per heavy atom. The smallest absolute Gasteiger partial charge is 0.326 e. The number of rotatable bonds is 22. The fourth-order valence-electron chi connectivity index (χ4n) is 7.24. The Labute approximate surface area is 313 Å². The number of benzene rings is 1. The number of likely N-dealkylation sites (N-methyl/N-ethyl adjacent to an activating group) is 2. The van der Waals surface area contributed by atoms with Gasteiger partial charge >= 0.3 is 5.97 Å². The Morgan fingerprint density at radius 1 is 1.04 bits per heavy atom. The number of hydrogen-bond acceptors (Lipinski definition) is 9. The fourth-order valence-corrected chi connectivity index (χ4v) is 7.24. The van der Waals surface area contributed by atoms with E-state index in [0.29, 0.717) is 25.8 Å². The number of hydrogen-bond donors (Lipinski definition) is 4. The first kappa shape index (κ1) is 44.9. The van der Waals surface area contributed by atoms with Crippen molar-refractivity contribution in [3.05, 3.63) is 46.3 Å². The molecule has 0 saturated carbocycles. The second-order valence-corrected chi connectivity index (χ2v) is 14.2. The van der Waals surface area contributed by atoms with Crippen molar-refractivity contribution in [3.8, 4) is 0 Å². The number of methoxy groups -OCH3 is 2. The third-order valence-corrected chi connectivity index (χ3v) is 10.4. The molecule has 1 fully saturated rings. The highest BCUT2D eigenvalue weighted by atomic mass is 16.5. The van der Waals surface area contributed by atoms with E-state index in [4.69, 9.17) is 15.0 Å². The van der Waals surface area contributed by atoms with Crippen molar-refractivity contribution in [1.82, 2.24) is 25.8 Å². The van der Waals surface area contributed by atoms with Crippen molar-refractivity contribution in [2.75, 3.05) is 41.4 Å². The number of carboxylic acids is 1. The third-order valence-electron chi connectivity index (χ3n) is 10.4. The normalized spacial score (nSPS) is 18.8. The van der Waals surface area contributed by atoms with Gasteiger partial charge in [-0.2, -0.15) is 0 Å². The Kier molecular flexibility index (Phi) is 18.7. The lowest BCUT2D eigenvalue weighted by Gasteiger charge is -2.40. The molecule has 0 bridgehead atoms. The number of aliphatic carboxylic acids is 1. The Morgan fingerprint density at radius 3 is 2.21 bits per heavy atom. The van der Waals surface area contributed by atoms with Gasteiger partial charge in [0.25, 0.3) is 0 Å². The minimum Gasteiger partial charge on any atom is -0.480 e. The number of ether oxygens (including phenoxy) is 2. The molecule has 1 aromatic carbocycles. The monoisotopic (exact) mass is 744 g/mol. The summed E-state index contributed by atoms with van der Waals surface area (Å²) in [6.07, 6.45) is 0.444. The Bertz CT molecular complexity index is 1410. The summed E-state index contributed by atoms with van der Waals surface area (Å²) in [6.45, 7) is 9.43. The van der Waals surface area contributed by atoms with E-state index in [0.717, 1.165) is 5.56 Å². The quantitative estimate of drug-likeness (QED) is 0.0779. The minimum absolute atomic E-state index is 0.0736. The number of nitrogens with one attached hydrogen (secondary N) is 3. The lowest BCUT2D eigenvalue weighted by atomic mass is 9.90. The highest BCUT2D eigenvalue weighted by Crippen LogP contribution is 2.29. The van der Waals surface area contributed by atoms with Gasteiger partial charge in [-0.3, -0.25) is 19.2 Å². The van der Waals surface area contributed by atoms with Gasteiger partial charge in [-0.15, -0.1) is 0 Å². The molecule has 1 heterocycles. The van der Waals surface area contributed by atoms with Crippen molar-refractivity contribution in [1.29, 1.82) is 0 Å². The predicted molar refractivity (Wildman–Crippen MR) is 199 cm³/mol. The number of azide groups is 1. The van der Waals surface area contributed by atoms with Crippen molar-refractivity contribution in [2.45, 2.75) is 109 Å². The molecule has 0 spiro atoms. The predicted octanol–water partition coefficient (Wildman–Crippen LogP) is 2.76. The van der Waals surface area contributed by atoms with Crippen LogP contribution >= 0.6 is 0 Å². The van der Waals surface area contributed by atoms with Crippen LogP contribution in [-0.2, 0) is 39.9 Å². The standard InChI is InChI=1S/C37H60N8O8/c1-10-23(4)32(44(7)36(49)27(21-40-43-38)42-35(48)31(39-6)22(2)3)29(52-8)20-30(46)45-18-14-17-28(45)33(53-9)24(5)34(47)41-26(37(50)51)19-25-15-12-11-13-16-25/h11-13,15-16,22-24,26-29,31-33,39H,10,14,17-21H2,1-9H3,(H,41,47)(H,42,48)(H,50,51)/t23?,24?,26?,27?,28-,29?,31?,32?,33?/m0/s1. The molecule has 8 unspecified atom stereocenters. The van der Waals surface area contributed by atoms with Gasteiger partial charge in [0.2, 0.25) is 23.6 Å². The molecule has 1 aromatic rings. The summed E-state index contributed by atoms with van der Waals surface area (Å²) >= 11 is 0. The van der Waals surface area contributed by atoms with Crippen molar-refractivity contribution in [3.63, 3.8) is 0 Å². The first-order valence-corrected chi connectivity index (χ1v) is 18.3. The molecule has 1 saturated heterocycles. The van der Waals surface area contributed by atoms with E-state index in [-0.39, 0.29) is 37.1 Å². The largest absolute Gasteiger partial charge is 0.480 e. The van der Waals surface area contributed by atoms with Gasteiger partial charge in [-0.05, 0) is 42.8 Å². The van der Waals surface area contributed by atoms with E-state index < -0.39 is 72.0 Å². The minimum atomic E-state index is -1.16. The molecule has 1 aliphatic rings. The summed E-state index contributed by atoms with van der Waals surface area (Å²) in [4.78, 5) is 72.7. The lowest BCUT2D eigenvalue weighted by molar-refractivity contribution is -0.147. The zero-order valence-electron chi connectivity index (χ0n) is 32.7. The van der Waals surface area contributed by atoms with Crippen LogP contribution in [0, 0.1) is 17.8 Å². The van der Waals surface area contributed by atoms with Gasteiger partial charge in [0.05, 0.1) is 49.2 Å². The van der Waals surface area contributed by atoms with E-state index in [1.54, 1.807) is 50.2 Å². The molecule has 296 valence electrons. The van der Waals surface area contributed by atoms with Crippen molar-refractivity contribution in [2.24, 2.45) is 22.9 Å². The summed E-state index contributed by atoms with van der Waals surface area (Å²) in [5.41, 5.74) is 9.79. The first-order valence-electron chi connectivity index (χ1n) is 18.3. The topological polar surface area (TPSA) is 215 Å². The molecule has 2 rings (SSSR count). The number of carboxylic acid groups (broad SMARTS) is 1. The van der Waals surface area contributed by atoms with Crippen molar-refractivity contribution >= 4 is 29.6 Å². The van der Waals surface area contributed by atoms with Gasteiger partial charge in [0, 0.05) is 39.1 Å². The number of nitrogens with zero attached hydrogens (tertiary/aromatic N) is 5.